The van der Waals surface area contributed by atoms with Gasteiger partial charge in [-0.1, -0.05) is 37.6 Å². The average molecular weight is 438 g/mol. The number of rotatable bonds is 5. The molecule has 0 unspecified atom stereocenters. The monoisotopic (exact) mass is 437 g/mol. The SMILES string of the molecule is CC(C)c1ccc(N2C(=O)C(Cl)=C(Nc3ccc(C(=O)N4CCCC4)cc3)C2=O)cc1. The Bertz CT molecular complexity index is 1050. The van der Waals surface area contributed by atoms with Crippen LogP contribution in [0.3, 0.4) is 0 Å². The average Bonchev–Trinajstić information content (AvgIpc) is 3.38. The highest BCUT2D eigenvalue weighted by atomic mass is 35.5. The molecule has 4 rings (SSSR count). The van der Waals surface area contributed by atoms with Gasteiger partial charge in [0, 0.05) is 24.3 Å². The molecule has 1 N–H and O–H groups in total. The van der Waals surface area contributed by atoms with Gasteiger partial charge in [0.1, 0.15) is 10.7 Å². The normalized spacial score (nSPS) is 16.6. The predicted molar refractivity (Wildman–Crippen MR) is 121 cm³/mol. The molecule has 7 heteroatoms. The Morgan fingerprint density at radius 3 is 2.13 bits per heavy atom. The van der Waals surface area contributed by atoms with Gasteiger partial charge < -0.3 is 10.2 Å². The fourth-order valence-electron chi connectivity index (χ4n) is 3.80. The molecular formula is C24H24ClN3O3. The minimum Gasteiger partial charge on any atom is -0.350 e. The topological polar surface area (TPSA) is 69.7 Å². The maximum Gasteiger partial charge on any atom is 0.283 e. The van der Waals surface area contributed by atoms with Crippen molar-refractivity contribution in [1.29, 1.82) is 0 Å². The lowest BCUT2D eigenvalue weighted by Crippen LogP contribution is -2.32. The third-order valence-electron chi connectivity index (χ3n) is 5.64. The van der Waals surface area contributed by atoms with Crippen LogP contribution in [0.15, 0.2) is 59.3 Å². The van der Waals surface area contributed by atoms with Crippen LogP contribution in [0.1, 0.15) is 48.5 Å². The van der Waals surface area contributed by atoms with Crippen LogP contribution in [0.4, 0.5) is 11.4 Å². The first kappa shape index (κ1) is 21.1. The maximum absolute atomic E-state index is 12.9. The Labute approximate surface area is 186 Å². The number of anilines is 2. The summed E-state index contributed by atoms with van der Waals surface area (Å²) in [7, 11) is 0. The fraction of sp³-hybridized carbons (Fsp3) is 0.292. The zero-order valence-electron chi connectivity index (χ0n) is 17.5. The standard InChI is InChI=1S/C24H24ClN3O3/c1-15(2)16-7-11-19(12-8-16)28-23(30)20(25)21(24(28)31)26-18-9-5-17(6-10-18)22(29)27-13-3-4-14-27/h5-12,15,26H,3-4,13-14H2,1-2H3. The molecular weight excluding hydrogens is 414 g/mol. The molecule has 2 aromatic carbocycles. The number of nitrogens with one attached hydrogen (secondary N) is 1. The van der Waals surface area contributed by atoms with Crippen LogP contribution < -0.4 is 10.2 Å². The quantitative estimate of drug-likeness (QED) is 0.700. The van der Waals surface area contributed by atoms with E-state index in [0.717, 1.165) is 36.4 Å². The summed E-state index contributed by atoms with van der Waals surface area (Å²) in [6, 6.07) is 14.1. The summed E-state index contributed by atoms with van der Waals surface area (Å²) < 4.78 is 0. The van der Waals surface area contributed by atoms with E-state index in [9.17, 15) is 14.4 Å². The van der Waals surface area contributed by atoms with Crippen LogP contribution in [0.25, 0.3) is 0 Å². The molecule has 6 nitrogen and oxygen atoms in total. The molecule has 0 aliphatic carbocycles. The molecule has 0 spiro atoms. The summed E-state index contributed by atoms with van der Waals surface area (Å²) in [5.41, 5.74) is 2.78. The highest BCUT2D eigenvalue weighted by Crippen LogP contribution is 2.31. The van der Waals surface area contributed by atoms with E-state index in [1.165, 1.54) is 0 Å². The summed E-state index contributed by atoms with van der Waals surface area (Å²) in [6.45, 7) is 5.72. The molecule has 2 aliphatic heterocycles. The zero-order chi connectivity index (χ0) is 22.1. The molecule has 1 saturated heterocycles. The Kier molecular flexibility index (Phi) is 5.83. The molecule has 0 bridgehead atoms. The highest BCUT2D eigenvalue weighted by Gasteiger charge is 2.39. The second-order valence-electron chi connectivity index (χ2n) is 8.08. The van der Waals surface area contributed by atoms with E-state index in [1.807, 2.05) is 17.0 Å². The third kappa shape index (κ3) is 4.08. The minimum atomic E-state index is -0.563. The van der Waals surface area contributed by atoms with Gasteiger partial charge in [-0.3, -0.25) is 14.4 Å². The molecule has 2 aromatic rings. The number of carbonyl (C=O) groups is 3. The van der Waals surface area contributed by atoms with E-state index in [4.69, 9.17) is 11.6 Å². The van der Waals surface area contributed by atoms with Gasteiger partial charge in [-0.25, -0.2) is 4.90 Å². The summed E-state index contributed by atoms with van der Waals surface area (Å²) >= 11 is 6.21. The van der Waals surface area contributed by atoms with Gasteiger partial charge in [0.05, 0.1) is 5.69 Å². The first-order valence-corrected chi connectivity index (χ1v) is 10.8. The number of amides is 3. The van der Waals surface area contributed by atoms with E-state index in [1.54, 1.807) is 36.4 Å². The molecule has 0 radical (unpaired) electrons. The largest absolute Gasteiger partial charge is 0.350 e. The summed E-state index contributed by atoms with van der Waals surface area (Å²) in [5.74, 6) is -0.723. The maximum atomic E-state index is 12.9. The predicted octanol–water partition coefficient (Wildman–Crippen LogP) is 4.48. The van der Waals surface area contributed by atoms with Gasteiger partial charge >= 0.3 is 0 Å². The van der Waals surface area contributed by atoms with Crippen LogP contribution in [-0.4, -0.2) is 35.7 Å². The number of likely N-dealkylation sites (tertiary alicyclic amines) is 1. The molecule has 160 valence electrons. The lowest BCUT2D eigenvalue weighted by molar-refractivity contribution is -0.120. The number of nitrogens with zero attached hydrogens (tertiary/aromatic N) is 2. The molecule has 3 amide bonds. The molecule has 2 aliphatic rings. The van der Waals surface area contributed by atoms with Crippen molar-refractivity contribution >= 4 is 40.7 Å². The fourth-order valence-corrected chi connectivity index (χ4v) is 4.01. The molecule has 2 heterocycles. The summed E-state index contributed by atoms with van der Waals surface area (Å²) in [6.07, 6.45) is 2.07. The van der Waals surface area contributed by atoms with Crippen molar-refractivity contribution in [1.82, 2.24) is 4.90 Å². The van der Waals surface area contributed by atoms with Gasteiger partial charge in [0.2, 0.25) is 0 Å². The number of benzene rings is 2. The second-order valence-corrected chi connectivity index (χ2v) is 8.46. The van der Waals surface area contributed by atoms with Crippen molar-refractivity contribution in [3.63, 3.8) is 0 Å². The molecule has 1 fully saturated rings. The summed E-state index contributed by atoms with van der Waals surface area (Å²) in [5, 5.41) is 2.79. The van der Waals surface area contributed by atoms with Crippen molar-refractivity contribution in [3.05, 3.63) is 70.4 Å². The van der Waals surface area contributed by atoms with Gasteiger partial charge in [0.15, 0.2) is 0 Å². The van der Waals surface area contributed by atoms with Crippen molar-refractivity contribution in [2.75, 3.05) is 23.3 Å². The van der Waals surface area contributed by atoms with Crippen molar-refractivity contribution in [2.45, 2.75) is 32.6 Å². The number of imide groups is 1. The molecule has 31 heavy (non-hydrogen) atoms. The number of hydrogen-bond acceptors (Lipinski definition) is 4. The highest BCUT2D eigenvalue weighted by molar-refractivity contribution is 6.53. The molecule has 0 aromatic heterocycles. The Balaban J connectivity index is 1.50. The van der Waals surface area contributed by atoms with Crippen molar-refractivity contribution in [2.24, 2.45) is 0 Å². The zero-order valence-corrected chi connectivity index (χ0v) is 18.3. The lowest BCUT2D eigenvalue weighted by Gasteiger charge is -2.17. The first-order chi connectivity index (χ1) is 14.9. The van der Waals surface area contributed by atoms with Crippen LogP contribution in [-0.2, 0) is 9.59 Å². The van der Waals surface area contributed by atoms with Gasteiger partial charge in [0.25, 0.3) is 17.7 Å². The van der Waals surface area contributed by atoms with Crippen molar-refractivity contribution < 1.29 is 14.4 Å². The number of halogens is 1. The molecule has 0 atom stereocenters. The van der Waals surface area contributed by atoms with E-state index in [2.05, 4.69) is 19.2 Å². The Morgan fingerprint density at radius 1 is 0.935 bits per heavy atom. The minimum absolute atomic E-state index is 0.00411. The van der Waals surface area contributed by atoms with Crippen molar-refractivity contribution in [3.8, 4) is 0 Å². The third-order valence-corrected chi connectivity index (χ3v) is 5.99. The first-order valence-electron chi connectivity index (χ1n) is 10.4. The van der Waals surface area contributed by atoms with E-state index in [0.29, 0.717) is 22.9 Å². The lowest BCUT2D eigenvalue weighted by atomic mass is 10.0. The van der Waals surface area contributed by atoms with Crippen LogP contribution in [0, 0.1) is 0 Å². The summed E-state index contributed by atoms with van der Waals surface area (Å²) in [4.78, 5) is 41.0. The number of carbonyl (C=O) groups excluding carboxylic acids is 3. The Hall–Kier alpha value is -3.12. The molecule has 0 saturated carbocycles. The van der Waals surface area contributed by atoms with Crippen LogP contribution in [0.5, 0.6) is 0 Å². The van der Waals surface area contributed by atoms with Crippen LogP contribution in [0.2, 0.25) is 0 Å². The van der Waals surface area contributed by atoms with Gasteiger partial charge in [-0.15, -0.1) is 0 Å². The second kappa shape index (κ2) is 8.55. The number of hydrogen-bond donors (Lipinski definition) is 1. The van der Waals surface area contributed by atoms with E-state index >= 15 is 0 Å². The van der Waals surface area contributed by atoms with Gasteiger partial charge in [-0.2, -0.15) is 0 Å². The smallest absolute Gasteiger partial charge is 0.283 e. The van der Waals surface area contributed by atoms with Crippen LogP contribution >= 0.6 is 11.6 Å². The van der Waals surface area contributed by atoms with E-state index < -0.39 is 11.8 Å². The van der Waals surface area contributed by atoms with Gasteiger partial charge in [-0.05, 0) is 60.7 Å². The Morgan fingerprint density at radius 2 is 1.55 bits per heavy atom. The van der Waals surface area contributed by atoms with E-state index in [-0.39, 0.29) is 16.6 Å².